The van der Waals surface area contributed by atoms with Crippen LogP contribution in [0.5, 0.6) is 0 Å². The predicted octanol–water partition coefficient (Wildman–Crippen LogP) is 0.130. The Labute approximate surface area is 292 Å². The van der Waals surface area contributed by atoms with Gasteiger partial charge in [0.2, 0.25) is 11.8 Å². The molecule has 2 aliphatic heterocycles. The molecule has 3 N–H and O–H groups in total. The average molecular weight is 739 g/mol. The number of nitrogens with one attached hydrogen (secondary N) is 2. The van der Waals surface area contributed by atoms with Crippen molar-refractivity contribution >= 4 is 56.1 Å². The number of carbonyl (C=O) groups excluding carboxylic acids is 5. The van der Waals surface area contributed by atoms with E-state index < -0.39 is 79.4 Å². The van der Waals surface area contributed by atoms with E-state index >= 15 is 0 Å². The second kappa shape index (κ2) is 21.2. The van der Waals surface area contributed by atoms with Crippen LogP contribution in [0.2, 0.25) is 0 Å². The van der Waals surface area contributed by atoms with Crippen LogP contribution in [-0.2, 0) is 78.0 Å². The van der Waals surface area contributed by atoms with E-state index in [1.165, 1.54) is 28.1 Å². The lowest BCUT2D eigenvalue weighted by Crippen LogP contribution is -2.66. The van der Waals surface area contributed by atoms with Gasteiger partial charge in [0.05, 0.1) is 6.61 Å². The molecule has 0 spiro atoms. The Hall–Kier alpha value is -2.22. The van der Waals surface area contributed by atoms with Crippen LogP contribution in [0, 0.1) is 5.92 Å². The summed E-state index contributed by atoms with van der Waals surface area (Å²) >= 11 is 5.01. The number of ether oxygens (including phenoxy) is 7. The van der Waals surface area contributed by atoms with Gasteiger partial charge in [-0.05, 0) is 37.5 Å². The van der Waals surface area contributed by atoms with Crippen LogP contribution in [0.15, 0.2) is 0 Å². The van der Waals surface area contributed by atoms with Gasteiger partial charge in [-0.2, -0.15) is 0 Å². The van der Waals surface area contributed by atoms with E-state index in [9.17, 15) is 28.9 Å². The summed E-state index contributed by atoms with van der Waals surface area (Å²) in [6.45, 7) is 1.54. The fourth-order valence-corrected chi connectivity index (χ4v) is 6.47. The number of amides is 2. The van der Waals surface area contributed by atoms with Crippen molar-refractivity contribution in [2.24, 2.45) is 5.92 Å². The Morgan fingerprint density at radius 2 is 1.53 bits per heavy atom. The SMILES string of the molecule is [B][C@@H]1O[C@H](COC)[C@H](OP(O)(=S)OC)C1CCCNC(=O)CCCCO[C@@H]1O[C@H](COC(C)=O)[C@H](OC(C)=O)[C@H](OC(C)=O)[C@H]1NC(C)=O. The monoisotopic (exact) mass is 738 g/mol. The fourth-order valence-electron chi connectivity index (χ4n) is 5.49. The first-order valence-electron chi connectivity index (χ1n) is 15.8. The van der Waals surface area contributed by atoms with Crippen molar-refractivity contribution in [3.63, 3.8) is 0 Å². The summed E-state index contributed by atoms with van der Waals surface area (Å²) < 4.78 is 49.3. The van der Waals surface area contributed by atoms with Crippen LogP contribution < -0.4 is 10.6 Å². The number of unbranched alkanes of at least 4 members (excludes halogenated alkanes) is 1. The third-order valence-electron chi connectivity index (χ3n) is 7.55. The van der Waals surface area contributed by atoms with Gasteiger partial charge in [-0.1, -0.05) is 0 Å². The van der Waals surface area contributed by atoms with Crippen LogP contribution >= 0.6 is 6.72 Å². The van der Waals surface area contributed by atoms with Gasteiger partial charge in [-0.25, -0.2) is 0 Å². The topological polar surface area (TPSA) is 213 Å². The minimum Gasteiger partial charge on any atom is -0.463 e. The molecule has 0 aromatic rings. The predicted molar refractivity (Wildman–Crippen MR) is 174 cm³/mol. The molecule has 2 saturated heterocycles. The highest BCUT2D eigenvalue weighted by Gasteiger charge is 2.51. The highest BCUT2D eigenvalue weighted by Crippen LogP contribution is 2.48. The number of rotatable bonds is 20. The first kappa shape index (κ1) is 43.0. The van der Waals surface area contributed by atoms with E-state index in [4.69, 9.17) is 61.9 Å². The van der Waals surface area contributed by atoms with Crippen LogP contribution in [-0.4, -0.2) is 132 Å². The van der Waals surface area contributed by atoms with Crippen molar-refractivity contribution in [2.45, 2.75) is 109 Å². The third-order valence-corrected chi connectivity index (χ3v) is 9.22. The molecule has 0 aliphatic carbocycles. The van der Waals surface area contributed by atoms with E-state index in [2.05, 4.69) is 10.6 Å². The zero-order valence-corrected chi connectivity index (χ0v) is 30.4. The molecule has 2 amide bonds. The van der Waals surface area contributed by atoms with Gasteiger partial charge < -0.3 is 57.7 Å². The molecule has 0 bridgehead atoms. The lowest BCUT2D eigenvalue weighted by Gasteiger charge is -2.44. The fraction of sp³-hybridized carbons (Fsp3) is 0.828. The van der Waals surface area contributed by atoms with Gasteiger partial charge in [0.15, 0.2) is 18.5 Å². The van der Waals surface area contributed by atoms with Gasteiger partial charge in [0.1, 0.15) is 38.8 Å². The molecule has 278 valence electrons. The average Bonchev–Trinajstić information content (AvgIpc) is 3.28. The lowest BCUT2D eigenvalue weighted by atomic mass is 9.82. The Morgan fingerprint density at radius 1 is 0.878 bits per heavy atom. The molecule has 10 atom stereocenters. The number of methoxy groups -OCH3 is 1. The molecule has 2 rings (SSSR count). The molecule has 2 unspecified atom stereocenters. The van der Waals surface area contributed by atoms with Crippen LogP contribution in [0.25, 0.3) is 0 Å². The maximum Gasteiger partial charge on any atom is 0.324 e. The van der Waals surface area contributed by atoms with Crippen LogP contribution in [0.3, 0.4) is 0 Å². The third kappa shape index (κ3) is 14.9. The first-order valence-corrected chi connectivity index (χ1v) is 18.4. The van der Waals surface area contributed by atoms with Gasteiger partial charge in [0, 0.05) is 73.4 Å². The molecule has 0 saturated carbocycles. The maximum absolute atomic E-state index is 12.5. The van der Waals surface area contributed by atoms with Crippen molar-refractivity contribution in [3.8, 4) is 0 Å². The molecule has 2 fully saturated rings. The molecule has 49 heavy (non-hydrogen) atoms. The summed E-state index contributed by atoms with van der Waals surface area (Å²) in [5.41, 5.74) is 0. The van der Waals surface area contributed by atoms with Crippen molar-refractivity contribution in [1.29, 1.82) is 0 Å². The zero-order chi connectivity index (χ0) is 36.7. The Bertz CT molecular complexity index is 1170. The summed E-state index contributed by atoms with van der Waals surface area (Å²) in [5, 5.41) is 5.49. The minimum atomic E-state index is -3.49. The highest BCUT2D eigenvalue weighted by atomic mass is 32.5. The Kier molecular flexibility index (Phi) is 18.6. The molecular formula is C29H48BN2O15PS. The van der Waals surface area contributed by atoms with Crippen molar-refractivity contribution in [2.75, 3.05) is 40.6 Å². The number of carbonyl (C=O) groups is 5. The summed E-state index contributed by atoms with van der Waals surface area (Å²) in [7, 11) is 8.94. The molecule has 2 heterocycles. The molecular weight excluding hydrogens is 690 g/mol. The van der Waals surface area contributed by atoms with Crippen LogP contribution in [0.1, 0.15) is 59.8 Å². The van der Waals surface area contributed by atoms with Crippen LogP contribution in [0.4, 0.5) is 0 Å². The zero-order valence-electron chi connectivity index (χ0n) is 28.7. The van der Waals surface area contributed by atoms with Crippen molar-refractivity contribution < 1.29 is 71.1 Å². The number of hydrogen-bond donors (Lipinski definition) is 3. The summed E-state index contributed by atoms with van der Waals surface area (Å²) in [4.78, 5) is 70.1. The van der Waals surface area contributed by atoms with Gasteiger partial charge >= 0.3 is 24.6 Å². The van der Waals surface area contributed by atoms with Gasteiger partial charge in [-0.3, -0.25) is 24.0 Å². The molecule has 20 heteroatoms. The largest absolute Gasteiger partial charge is 0.463 e. The molecule has 2 radical (unpaired) electrons. The Morgan fingerprint density at radius 3 is 2.12 bits per heavy atom. The molecule has 17 nitrogen and oxygen atoms in total. The summed E-state index contributed by atoms with van der Waals surface area (Å²) in [6.07, 6.45) is -3.78. The van der Waals surface area contributed by atoms with Crippen molar-refractivity contribution in [1.82, 2.24) is 10.6 Å². The summed E-state index contributed by atoms with van der Waals surface area (Å²) in [6, 6.07) is -1.76. The lowest BCUT2D eigenvalue weighted by molar-refractivity contribution is -0.277. The second-order valence-electron chi connectivity index (χ2n) is 11.5. The summed E-state index contributed by atoms with van der Waals surface area (Å²) in [5.74, 6) is -3.04. The van der Waals surface area contributed by atoms with E-state index in [1.54, 1.807) is 0 Å². The Balaban J connectivity index is 1.90. The molecule has 0 aromatic carbocycles. The number of esters is 3. The second-order valence-corrected chi connectivity index (χ2v) is 14.4. The number of hydrogen-bond acceptors (Lipinski definition) is 15. The van der Waals surface area contributed by atoms with Crippen molar-refractivity contribution in [3.05, 3.63) is 0 Å². The smallest absolute Gasteiger partial charge is 0.324 e. The van der Waals surface area contributed by atoms with Gasteiger partial charge in [-0.15, -0.1) is 0 Å². The molecule has 2 aliphatic rings. The highest BCUT2D eigenvalue weighted by molar-refractivity contribution is 8.07. The van der Waals surface area contributed by atoms with E-state index in [1.807, 2.05) is 0 Å². The van der Waals surface area contributed by atoms with E-state index in [0.717, 1.165) is 13.8 Å². The van der Waals surface area contributed by atoms with Gasteiger partial charge in [0.25, 0.3) is 0 Å². The maximum atomic E-state index is 12.5. The molecule has 0 aromatic heterocycles. The minimum absolute atomic E-state index is 0.0856. The quantitative estimate of drug-likeness (QED) is 0.0498. The normalized spacial score (nSPS) is 29.3. The standard InChI is InChI=1S/C29H48BN2O15PS/c1-16(33)32-24-27(44-19(4)36)26(43-18(3)35)22(15-42-17(2)34)46-29(24)41-13-8-7-11-23(37)31-12-9-10-20-25(47-48(38,49)40-6)21(14-39-5)45-28(20)30/h20-22,24-29H,7-15H2,1-6H3,(H,31,37)(H,32,33)(H,38,49)/t20?,21-,22-,24-,25-,26+,27-,28-,29-,48?/m1/s1. The van der Waals surface area contributed by atoms with E-state index in [0.29, 0.717) is 32.2 Å². The van der Waals surface area contributed by atoms with E-state index in [-0.39, 0.29) is 38.1 Å². The first-order chi connectivity index (χ1) is 23.1.